The Morgan fingerprint density at radius 2 is 1.79 bits per heavy atom. The topological polar surface area (TPSA) is 77.1 Å². The first-order chi connectivity index (χ1) is 15.5. The molecule has 3 rings (SSSR count). The molecule has 0 bridgehead atoms. The number of rotatable bonds is 8. The molecule has 1 N–H and O–H groups in total. The monoisotopic (exact) mass is 476 g/mol. The molecule has 2 atom stereocenters. The largest absolute Gasteiger partial charge is 0.494 e. The van der Waals surface area contributed by atoms with Crippen LogP contribution >= 0.6 is 12.6 Å². The number of nitrogens with zero attached hydrogens (tertiary/aromatic N) is 1. The molecule has 33 heavy (non-hydrogen) atoms. The second kappa shape index (κ2) is 10.7. The molecule has 1 saturated heterocycles. The average Bonchev–Trinajstić information content (AvgIpc) is 3.32. The van der Waals surface area contributed by atoms with Crippen LogP contribution in [0, 0.1) is 5.92 Å². The maximum absolute atomic E-state index is 12.6. The number of carbonyl (C=O) groups is 2. The standard InChI is InChI=1S/C24H37BN2O5S/c1-23(2)24(3,4)32-25(31-23)19-9-6-17(7-10-19)16-30-22(29)27(5)20-11-8-18(14-20)15-26-21(28)12-13-33/h6-7,9-10,18,20,33H,8,11-16H2,1-5H3,(H,26,28). The van der Waals surface area contributed by atoms with Crippen molar-refractivity contribution < 1.29 is 23.6 Å². The molecule has 0 spiro atoms. The minimum atomic E-state index is -0.407. The zero-order chi connectivity index (χ0) is 24.2. The van der Waals surface area contributed by atoms with E-state index in [1.165, 1.54) is 0 Å². The van der Waals surface area contributed by atoms with Crippen molar-refractivity contribution in [2.75, 3.05) is 19.3 Å². The van der Waals surface area contributed by atoms with Crippen LogP contribution in [-0.2, 0) is 25.4 Å². The summed E-state index contributed by atoms with van der Waals surface area (Å²) >= 11 is 4.08. The molecule has 2 aliphatic rings. The summed E-state index contributed by atoms with van der Waals surface area (Å²) in [5, 5.41) is 2.95. The van der Waals surface area contributed by atoms with Gasteiger partial charge in [-0.3, -0.25) is 4.79 Å². The van der Waals surface area contributed by atoms with Crippen molar-refractivity contribution in [3.8, 4) is 0 Å². The number of benzene rings is 1. The van der Waals surface area contributed by atoms with E-state index in [-0.39, 0.29) is 35.9 Å². The molecular formula is C24H37BN2O5S. The number of ether oxygens (including phenoxy) is 1. The lowest BCUT2D eigenvalue weighted by Gasteiger charge is -2.32. The van der Waals surface area contributed by atoms with E-state index in [0.29, 0.717) is 24.6 Å². The van der Waals surface area contributed by atoms with Gasteiger partial charge >= 0.3 is 13.2 Å². The molecule has 9 heteroatoms. The molecule has 1 saturated carbocycles. The number of thiol groups is 1. The van der Waals surface area contributed by atoms with Crippen molar-refractivity contribution in [3.63, 3.8) is 0 Å². The third-order valence-corrected chi connectivity index (χ3v) is 7.37. The van der Waals surface area contributed by atoms with Gasteiger partial charge in [0.25, 0.3) is 0 Å². The summed E-state index contributed by atoms with van der Waals surface area (Å²) in [5.41, 5.74) is 1.09. The molecule has 2 unspecified atom stereocenters. The number of hydrogen-bond acceptors (Lipinski definition) is 6. The molecule has 2 fully saturated rings. The van der Waals surface area contributed by atoms with Crippen LogP contribution in [0.4, 0.5) is 4.79 Å². The van der Waals surface area contributed by atoms with Gasteiger partial charge in [-0.05, 0) is 69.7 Å². The Labute approximate surface area is 203 Å². The van der Waals surface area contributed by atoms with Gasteiger partial charge in [-0.15, -0.1) is 0 Å². The Hall–Kier alpha value is -1.71. The van der Waals surface area contributed by atoms with Crippen LogP contribution in [0.3, 0.4) is 0 Å². The Bertz CT molecular complexity index is 817. The van der Waals surface area contributed by atoms with Gasteiger partial charge in [0.2, 0.25) is 5.91 Å². The number of nitrogens with one attached hydrogen (secondary N) is 1. The molecule has 1 aromatic rings. The summed E-state index contributed by atoms with van der Waals surface area (Å²) in [6.07, 6.45) is 2.89. The van der Waals surface area contributed by atoms with E-state index in [0.717, 1.165) is 30.3 Å². The first kappa shape index (κ1) is 25.9. The van der Waals surface area contributed by atoms with Gasteiger partial charge in [0.15, 0.2) is 0 Å². The Morgan fingerprint density at radius 3 is 2.39 bits per heavy atom. The summed E-state index contributed by atoms with van der Waals surface area (Å²) in [6, 6.07) is 7.92. The molecule has 7 nitrogen and oxygen atoms in total. The zero-order valence-corrected chi connectivity index (χ0v) is 21.3. The van der Waals surface area contributed by atoms with Crippen LogP contribution in [0.2, 0.25) is 0 Å². The third-order valence-electron chi connectivity index (χ3n) is 7.14. The number of hydrogen-bond donors (Lipinski definition) is 2. The van der Waals surface area contributed by atoms with Gasteiger partial charge in [-0.2, -0.15) is 12.6 Å². The molecule has 1 aromatic carbocycles. The fraction of sp³-hybridized carbons (Fsp3) is 0.667. The molecule has 1 aliphatic heterocycles. The van der Waals surface area contributed by atoms with E-state index < -0.39 is 7.12 Å². The molecule has 2 amide bonds. The van der Waals surface area contributed by atoms with E-state index >= 15 is 0 Å². The second-order valence-corrected chi connectivity index (χ2v) is 10.6. The highest BCUT2D eigenvalue weighted by Gasteiger charge is 2.51. The fourth-order valence-electron chi connectivity index (χ4n) is 4.18. The molecule has 1 heterocycles. The Kier molecular flexibility index (Phi) is 8.40. The normalized spacial score (nSPS) is 23.4. The van der Waals surface area contributed by atoms with Crippen molar-refractivity contribution in [1.82, 2.24) is 10.2 Å². The van der Waals surface area contributed by atoms with Crippen molar-refractivity contribution in [2.24, 2.45) is 5.92 Å². The average molecular weight is 476 g/mol. The van der Waals surface area contributed by atoms with Crippen LogP contribution in [0.15, 0.2) is 24.3 Å². The smallest absolute Gasteiger partial charge is 0.445 e. The minimum Gasteiger partial charge on any atom is -0.445 e. The first-order valence-electron chi connectivity index (χ1n) is 11.7. The Morgan fingerprint density at radius 1 is 1.15 bits per heavy atom. The third kappa shape index (κ3) is 6.46. The highest BCUT2D eigenvalue weighted by Crippen LogP contribution is 2.36. The summed E-state index contributed by atoms with van der Waals surface area (Å²) in [7, 11) is 1.38. The second-order valence-electron chi connectivity index (χ2n) is 10.1. The SMILES string of the molecule is CN(C(=O)OCc1ccc(B2OC(C)(C)C(C)(C)O2)cc1)C1CCC(CNC(=O)CCS)C1. The van der Waals surface area contributed by atoms with Crippen LogP contribution < -0.4 is 10.8 Å². The number of amides is 2. The van der Waals surface area contributed by atoms with Crippen LogP contribution in [0.5, 0.6) is 0 Å². The van der Waals surface area contributed by atoms with E-state index in [4.69, 9.17) is 14.0 Å². The molecule has 1 aliphatic carbocycles. The van der Waals surface area contributed by atoms with Crippen LogP contribution in [0.25, 0.3) is 0 Å². The quantitative estimate of drug-likeness (QED) is 0.445. The molecule has 182 valence electrons. The summed E-state index contributed by atoms with van der Waals surface area (Å²) in [6.45, 7) is 8.99. The maximum atomic E-state index is 12.6. The lowest BCUT2D eigenvalue weighted by Crippen LogP contribution is -2.41. The van der Waals surface area contributed by atoms with Gasteiger partial charge in [0, 0.05) is 26.1 Å². The molecule has 0 aromatic heterocycles. The van der Waals surface area contributed by atoms with Crippen LogP contribution in [0.1, 0.15) is 58.9 Å². The van der Waals surface area contributed by atoms with E-state index in [9.17, 15) is 9.59 Å². The van der Waals surface area contributed by atoms with Crippen molar-refractivity contribution >= 4 is 37.2 Å². The van der Waals surface area contributed by atoms with Crippen molar-refractivity contribution in [3.05, 3.63) is 29.8 Å². The zero-order valence-electron chi connectivity index (χ0n) is 20.4. The predicted octanol–water partition coefficient (Wildman–Crippen LogP) is 3.16. The van der Waals surface area contributed by atoms with Gasteiger partial charge in [0.1, 0.15) is 6.61 Å². The molecule has 0 radical (unpaired) electrons. The summed E-state index contributed by atoms with van der Waals surface area (Å²) in [5.74, 6) is 0.969. The lowest BCUT2D eigenvalue weighted by molar-refractivity contribution is -0.120. The highest BCUT2D eigenvalue weighted by atomic mass is 32.1. The van der Waals surface area contributed by atoms with Crippen LogP contribution in [-0.4, -0.2) is 60.6 Å². The van der Waals surface area contributed by atoms with Crippen molar-refractivity contribution in [2.45, 2.75) is 77.2 Å². The predicted molar refractivity (Wildman–Crippen MR) is 133 cm³/mol. The van der Waals surface area contributed by atoms with Gasteiger partial charge in [-0.25, -0.2) is 4.79 Å². The van der Waals surface area contributed by atoms with E-state index in [1.54, 1.807) is 11.9 Å². The van der Waals surface area contributed by atoms with Gasteiger partial charge in [-0.1, -0.05) is 24.3 Å². The maximum Gasteiger partial charge on any atom is 0.494 e. The summed E-state index contributed by atoms with van der Waals surface area (Å²) in [4.78, 5) is 25.9. The number of carbonyl (C=O) groups excluding carboxylic acids is 2. The minimum absolute atomic E-state index is 0.0331. The lowest BCUT2D eigenvalue weighted by atomic mass is 9.79. The Balaban J connectivity index is 1.44. The van der Waals surface area contributed by atoms with E-state index in [1.807, 2.05) is 52.0 Å². The van der Waals surface area contributed by atoms with Gasteiger partial charge in [0.05, 0.1) is 11.2 Å². The first-order valence-corrected chi connectivity index (χ1v) is 12.4. The molecular weight excluding hydrogens is 439 g/mol. The summed E-state index contributed by atoms with van der Waals surface area (Å²) < 4.78 is 17.7. The van der Waals surface area contributed by atoms with Gasteiger partial charge < -0.3 is 24.3 Å². The van der Waals surface area contributed by atoms with Crippen molar-refractivity contribution in [1.29, 1.82) is 0 Å². The van der Waals surface area contributed by atoms with E-state index in [2.05, 4.69) is 17.9 Å². The highest BCUT2D eigenvalue weighted by molar-refractivity contribution is 7.80. The fourth-order valence-corrected chi connectivity index (χ4v) is 4.38.